The molecule has 6 aromatic rings. The molecule has 4 aromatic carbocycles. The zero-order valence-electron chi connectivity index (χ0n) is 18.1. The largest absolute Gasteiger partial charge is 0.536 e. The zero-order chi connectivity index (χ0) is 22.2. The number of rotatable bonds is 1. The molecule has 0 atom stereocenters. The average molecular weight is 436 g/mol. The first-order chi connectivity index (χ1) is 16.9. The highest BCUT2D eigenvalue weighted by Gasteiger charge is 2.45. The molecule has 4 heterocycles. The van der Waals surface area contributed by atoms with E-state index in [2.05, 4.69) is 65.5 Å². The van der Waals surface area contributed by atoms with E-state index in [4.69, 9.17) is 14.1 Å². The standard InChI is InChI=1S/C29H17BN2O2/c1-3-12-26-20(7-1)21-9-5-8-19(29(21)33-26)18-14-15-23-22(17-18)28-25(11-6-16-31-28)32-24-10-2-4-13-27(24)34-30(23)32/h1-17H. The van der Waals surface area contributed by atoms with Crippen LogP contribution in [0, 0.1) is 0 Å². The van der Waals surface area contributed by atoms with Crippen LogP contribution in [0.3, 0.4) is 0 Å². The van der Waals surface area contributed by atoms with Crippen molar-refractivity contribution in [2.24, 2.45) is 0 Å². The highest BCUT2D eigenvalue weighted by atomic mass is 16.5. The van der Waals surface area contributed by atoms with Gasteiger partial charge in [0.05, 0.1) is 17.1 Å². The summed E-state index contributed by atoms with van der Waals surface area (Å²) < 4.78 is 12.7. The van der Waals surface area contributed by atoms with Crippen LogP contribution in [0.4, 0.5) is 11.4 Å². The molecule has 0 saturated carbocycles. The number of hydrogen-bond acceptors (Lipinski definition) is 4. The second-order valence-corrected chi connectivity index (χ2v) is 8.76. The van der Waals surface area contributed by atoms with Crippen molar-refractivity contribution in [3.05, 3.63) is 103 Å². The van der Waals surface area contributed by atoms with E-state index in [9.17, 15) is 0 Å². The van der Waals surface area contributed by atoms with Crippen molar-refractivity contribution < 1.29 is 9.07 Å². The van der Waals surface area contributed by atoms with Crippen molar-refractivity contribution in [1.82, 2.24) is 4.98 Å². The van der Waals surface area contributed by atoms with E-state index in [-0.39, 0.29) is 7.05 Å². The summed E-state index contributed by atoms with van der Waals surface area (Å²) in [7, 11) is -0.208. The molecular formula is C29H17BN2O2. The van der Waals surface area contributed by atoms with Gasteiger partial charge in [0.25, 0.3) is 0 Å². The van der Waals surface area contributed by atoms with Crippen molar-refractivity contribution in [2.45, 2.75) is 0 Å². The molecular weight excluding hydrogens is 419 g/mol. The van der Waals surface area contributed by atoms with E-state index >= 15 is 0 Å². The lowest BCUT2D eigenvalue weighted by atomic mass is 9.65. The van der Waals surface area contributed by atoms with Crippen molar-refractivity contribution in [2.75, 3.05) is 4.81 Å². The Hall–Kier alpha value is -4.51. The third kappa shape index (κ3) is 2.31. The summed E-state index contributed by atoms with van der Waals surface area (Å²) in [4.78, 5) is 7.05. The first kappa shape index (κ1) is 18.0. The van der Waals surface area contributed by atoms with Crippen LogP contribution < -0.4 is 14.9 Å². The Morgan fingerprint density at radius 2 is 1.56 bits per heavy atom. The minimum atomic E-state index is -0.208. The molecule has 0 saturated heterocycles. The molecule has 4 nitrogen and oxygen atoms in total. The Bertz CT molecular complexity index is 1770. The summed E-state index contributed by atoms with van der Waals surface area (Å²) in [5, 5.41) is 2.27. The number of benzene rings is 4. The summed E-state index contributed by atoms with van der Waals surface area (Å²) >= 11 is 0. The van der Waals surface area contributed by atoms with Crippen molar-refractivity contribution in [1.29, 1.82) is 0 Å². The Morgan fingerprint density at radius 3 is 2.56 bits per heavy atom. The molecule has 158 valence electrons. The van der Waals surface area contributed by atoms with Gasteiger partial charge in [-0.25, -0.2) is 0 Å². The minimum Gasteiger partial charge on any atom is -0.536 e. The van der Waals surface area contributed by atoms with Crippen molar-refractivity contribution in [3.63, 3.8) is 0 Å². The monoisotopic (exact) mass is 436 g/mol. The van der Waals surface area contributed by atoms with Gasteiger partial charge in [0.2, 0.25) is 0 Å². The van der Waals surface area contributed by atoms with Crippen LogP contribution in [0.2, 0.25) is 0 Å². The van der Waals surface area contributed by atoms with E-state index < -0.39 is 0 Å². The third-order valence-corrected chi connectivity index (χ3v) is 6.93. The lowest BCUT2D eigenvalue weighted by Gasteiger charge is -2.30. The van der Waals surface area contributed by atoms with Gasteiger partial charge in [-0.1, -0.05) is 60.7 Å². The van der Waals surface area contributed by atoms with Gasteiger partial charge in [-0.3, -0.25) is 4.98 Å². The van der Waals surface area contributed by atoms with E-state index in [1.54, 1.807) is 0 Å². The molecule has 2 aromatic heterocycles. The third-order valence-electron chi connectivity index (χ3n) is 6.93. The quantitative estimate of drug-likeness (QED) is 0.274. The molecule has 5 heteroatoms. The van der Waals surface area contributed by atoms with Gasteiger partial charge in [0.1, 0.15) is 16.9 Å². The fraction of sp³-hybridized carbons (Fsp3) is 0. The van der Waals surface area contributed by atoms with Gasteiger partial charge < -0.3 is 13.9 Å². The summed E-state index contributed by atoms with van der Waals surface area (Å²) in [5.41, 5.74) is 9.30. The van der Waals surface area contributed by atoms with Gasteiger partial charge in [-0.2, -0.15) is 0 Å². The van der Waals surface area contributed by atoms with E-state index in [1.165, 1.54) is 0 Å². The molecule has 0 amide bonds. The van der Waals surface area contributed by atoms with Gasteiger partial charge in [0, 0.05) is 28.1 Å². The van der Waals surface area contributed by atoms with Crippen molar-refractivity contribution in [3.8, 4) is 28.1 Å². The molecule has 0 fully saturated rings. The molecule has 0 radical (unpaired) electrons. The number of pyridine rings is 1. The molecule has 8 rings (SSSR count). The number of aromatic nitrogens is 1. The second-order valence-electron chi connectivity index (χ2n) is 8.76. The molecule has 0 bridgehead atoms. The maximum absolute atomic E-state index is 6.43. The lowest BCUT2D eigenvalue weighted by molar-refractivity contribution is 0.603. The minimum absolute atomic E-state index is 0.208. The summed E-state index contributed by atoms with van der Waals surface area (Å²) in [5.74, 6) is 0.895. The van der Waals surface area contributed by atoms with Crippen LogP contribution in [0.15, 0.2) is 108 Å². The second kappa shape index (κ2) is 6.52. The van der Waals surface area contributed by atoms with Crippen LogP contribution in [-0.4, -0.2) is 12.0 Å². The van der Waals surface area contributed by atoms with Gasteiger partial charge >= 0.3 is 7.05 Å². The van der Waals surface area contributed by atoms with E-state index in [0.717, 1.165) is 66.9 Å². The first-order valence-corrected chi connectivity index (χ1v) is 11.4. The molecule has 0 aliphatic carbocycles. The molecule has 0 spiro atoms. The summed E-state index contributed by atoms with van der Waals surface area (Å²) in [6.07, 6.45) is 1.86. The highest BCUT2D eigenvalue weighted by Crippen LogP contribution is 2.47. The maximum Gasteiger partial charge on any atom is 0.525 e. The number of para-hydroxylation sites is 4. The maximum atomic E-state index is 6.43. The van der Waals surface area contributed by atoms with Crippen LogP contribution in [-0.2, 0) is 0 Å². The Balaban J connectivity index is 1.36. The molecule has 2 aliphatic heterocycles. The Morgan fingerprint density at radius 1 is 0.706 bits per heavy atom. The number of furan rings is 1. The zero-order valence-corrected chi connectivity index (χ0v) is 18.1. The van der Waals surface area contributed by atoms with Crippen LogP contribution in [0.5, 0.6) is 5.75 Å². The van der Waals surface area contributed by atoms with Gasteiger partial charge in [-0.05, 0) is 47.4 Å². The van der Waals surface area contributed by atoms with E-state index in [1.807, 2.05) is 42.6 Å². The average Bonchev–Trinajstić information content (AvgIpc) is 3.47. The fourth-order valence-corrected chi connectivity index (χ4v) is 5.43. The van der Waals surface area contributed by atoms with Gasteiger partial charge in [-0.15, -0.1) is 0 Å². The van der Waals surface area contributed by atoms with E-state index in [0.29, 0.717) is 0 Å². The number of nitrogens with zero attached hydrogens (tertiary/aromatic N) is 2. The summed E-state index contributed by atoms with van der Waals surface area (Å²) in [6, 6.07) is 33.4. The Labute approximate surface area is 196 Å². The van der Waals surface area contributed by atoms with Gasteiger partial charge in [0.15, 0.2) is 0 Å². The highest BCUT2D eigenvalue weighted by molar-refractivity contribution is 6.77. The summed E-state index contributed by atoms with van der Waals surface area (Å²) in [6.45, 7) is 0. The van der Waals surface area contributed by atoms with Crippen LogP contribution in [0.25, 0.3) is 44.3 Å². The predicted molar refractivity (Wildman–Crippen MR) is 137 cm³/mol. The topological polar surface area (TPSA) is 38.5 Å². The first-order valence-electron chi connectivity index (χ1n) is 11.4. The molecule has 0 N–H and O–H groups in total. The smallest absolute Gasteiger partial charge is 0.525 e. The molecule has 2 aliphatic rings. The number of anilines is 2. The molecule has 0 unspecified atom stereocenters. The van der Waals surface area contributed by atoms with Crippen molar-refractivity contribution >= 4 is 45.8 Å². The molecule has 34 heavy (non-hydrogen) atoms. The van der Waals surface area contributed by atoms with Crippen LogP contribution in [0.1, 0.15) is 0 Å². The number of fused-ring (bicyclic) bond motifs is 11. The Kier molecular flexibility index (Phi) is 3.45. The van der Waals surface area contributed by atoms with Crippen LogP contribution >= 0.6 is 0 Å². The predicted octanol–water partition coefficient (Wildman–Crippen LogP) is 6.55. The SMILES string of the molecule is c1ccc2c(c1)OB1c3ccc(-c4cccc5c4oc4ccccc45)cc3-c3ncccc3N12. The number of hydrogen-bond donors (Lipinski definition) is 0. The fourth-order valence-electron chi connectivity index (χ4n) is 5.43. The normalized spacial score (nSPS) is 13.4. The lowest BCUT2D eigenvalue weighted by Crippen LogP contribution is -2.50.